The number of H-pyrrole nitrogens is 1. The average molecular weight is 782 g/mol. The molecule has 300 valence electrons. The number of phenols is 2. The van der Waals surface area contributed by atoms with Gasteiger partial charge in [-0.1, -0.05) is 43.2 Å². The van der Waals surface area contributed by atoms with E-state index in [1.165, 1.54) is 46.6 Å². The lowest BCUT2D eigenvalue weighted by molar-refractivity contribution is -0.277. The molecule has 0 bridgehead atoms. The number of carbonyl (C=O) groups is 2. The fourth-order valence-corrected chi connectivity index (χ4v) is 9.82. The Hall–Kier alpha value is -5.25. The van der Waals surface area contributed by atoms with Crippen LogP contribution in [0.3, 0.4) is 0 Å². The number of aliphatic hydroxyl groups is 4. The summed E-state index contributed by atoms with van der Waals surface area (Å²) in [5, 5.41) is 74.2. The first-order chi connectivity index (χ1) is 27.5. The van der Waals surface area contributed by atoms with Gasteiger partial charge in [0.15, 0.2) is 11.5 Å². The number of imidazole rings is 1. The summed E-state index contributed by atoms with van der Waals surface area (Å²) in [6, 6.07) is 14.6. The van der Waals surface area contributed by atoms with Gasteiger partial charge in [-0.2, -0.15) is 0 Å². The normalized spacial score (nSPS) is 29.4. The molecule has 1 saturated heterocycles. The number of aromatic hydroxyl groups is 2. The van der Waals surface area contributed by atoms with Crippen molar-refractivity contribution in [2.45, 2.75) is 99.4 Å². The number of carboxylic acids is 1. The molecule has 1 saturated carbocycles. The van der Waals surface area contributed by atoms with Crippen molar-refractivity contribution in [2.75, 3.05) is 11.5 Å². The lowest BCUT2D eigenvalue weighted by atomic mass is 9.54. The molecular weight excluding hydrogens is 734 g/mol. The predicted octanol–water partition coefficient (Wildman–Crippen LogP) is 3.65. The van der Waals surface area contributed by atoms with E-state index in [1.807, 2.05) is 12.1 Å². The first-order valence-electron chi connectivity index (χ1n) is 19.4. The number of amides is 1. The van der Waals surface area contributed by atoms with Gasteiger partial charge in [0, 0.05) is 41.9 Å². The van der Waals surface area contributed by atoms with Gasteiger partial charge >= 0.3 is 5.97 Å². The Morgan fingerprint density at radius 1 is 1.00 bits per heavy atom. The second kappa shape index (κ2) is 15.6. The van der Waals surface area contributed by atoms with Gasteiger partial charge < -0.3 is 50.2 Å². The summed E-state index contributed by atoms with van der Waals surface area (Å²) in [7, 11) is 0. The molecule has 9 atom stereocenters. The number of aliphatic hydroxyl groups excluding tert-OH is 4. The first kappa shape index (κ1) is 38.6. The van der Waals surface area contributed by atoms with Crippen LogP contribution >= 0.6 is 0 Å². The first-order valence-corrected chi connectivity index (χ1v) is 19.4. The molecule has 3 heterocycles. The van der Waals surface area contributed by atoms with Crippen LogP contribution in [0.25, 0.3) is 6.08 Å². The molecule has 4 aromatic rings. The highest BCUT2D eigenvalue weighted by atomic mass is 16.7. The zero-order valence-electron chi connectivity index (χ0n) is 31.1. The number of aromatic amines is 1. The highest BCUT2D eigenvalue weighted by molar-refractivity contribution is 6.10. The van der Waals surface area contributed by atoms with Crippen LogP contribution in [-0.4, -0.2) is 101 Å². The fourth-order valence-electron chi connectivity index (χ4n) is 9.82. The molecular formula is C43H47N3O11. The number of hydrogen-bond donors (Lipinski definition) is 8. The summed E-state index contributed by atoms with van der Waals surface area (Å²) >= 11 is 0. The van der Waals surface area contributed by atoms with E-state index in [0.717, 1.165) is 44.2 Å². The maximum atomic E-state index is 14.5. The molecule has 57 heavy (non-hydrogen) atoms. The number of ether oxygens (including phenoxy) is 2. The quantitative estimate of drug-likeness (QED) is 0.108. The number of rotatable bonds is 10. The van der Waals surface area contributed by atoms with E-state index in [-0.39, 0.29) is 22.6 Å². The molecule has 2 aliphatic carbocycles. The molecule has 8 rings (SSSR count). The van der Waals surface area contributed by atoms with E-state index in [9.17, 15) is 45.3 Å². The summed E-state index contributed by atoms with van der Waals surface area (Å²) in [6.07, 6.45) is 4.47. The molecule has 0 unspecified atom stereocenters. The number of phenolic OH excluding ortho intramolecular Hbond substituents is 2. The van der Waals surface area contributed by atoms with E-state index in [0.29, 0.717) is 35.4 Å². The van der Waals surface area contributed by atoms with Crippen molar-refractivity contribution in [3.8, 4) is 17.2 Å². The molecule has 1 amide bonds. The van der Waals surface area contributed by atoms with Crippen LogP contribution in [0, 0.1) is 5.92 Å². The van der Waals surface area contributed by atoms with Gasteiger partial charge in [-0.3, -0.25) is 9.69 Å². The SMILES string of the molecule is O=C(O)[C@H]1[C@@H](C[C@]23CCCC[C@@H]2CCc2ccccc23)c2cc(O)c(O[C@@H]3O[C@H](CO)[C@@H](O)[C@H](O)[C@H]3O)cc2N1C(=O)/C=C/c1ccc(O)c(Cc2cnc[nH]2)c1. The second-order valence-corrected chi connectivity index (χ2v) is 15.8. The molecule has 3 aromatic carbocycles. The van der Waals surface area contributed by atoms with E-state index in [2.05, 4.69) is 22.1 Å². The Kier molecular flexibility index (Phi) is 10.6. The van der Waals surface area contributed by atoms with Gasteiger partial charge in [0.1, 0.15) is 36.2 Å². The highest BCUT2D eigenvalue weighted by Gasteiger charge is 2.53. The summed E-state index contributed by atoms with van der Waals surface area (Å²) in [5.74, 6) is -2.95. The van der Waals surface area contributed by atoms with Crippen molar-refractivity contribution in [2.24, 2.45) is 5.92 Å². The monoisotopic (exact) mass is 781 g/mol. The number of aliphatic carboxylic acids is 1. The predicted molar refractivity (Wildman–Crippen MR) is 206 cm³/mol. The summed E-state index contributed by atoms with van der Waals surface area (Å²) in [5.41, 5.74) is 4.65. The number of carbonyl (C=O) groups excluding carboxylic acids is 1. The third-order valence-electron chi connectivity index (χ3n) is 12.6. The number of nitrogens with one attached hydrogen (secondary N) is 1. The maximum absolute atomic E-state index is 14.5. The Morgan fingerprint density at radius 2 is 1.82 bits per heavy atom. The lowest BCUT2D eigenvalue weighted by Crippen LogP contribution is -2.60. The van der Waals surface area contributed by atoms with Gasteiger partial charge in [0.25, 0.3) is 5.91 Å². The van der Waals surface area contributed by atoms with Crippen LogP contribution in [-0.2, 0) is 32.6 Å². The number of carboxylic acid groups (broad SMARTS) is 1. The number of aryl methyl sites for hydroxylation is 1. The standard InChI is InChI=1S/C43H47N3O11/c47-21-35-38(51)39(52)40(53)42(57-35)56-34-18-31-28(17-33(34)49)29(19-43-14-4-3-6-26(43)11-10-24-5-1-2-7-30(24)43)37(41(54)55)46(31)36(50)13-9-23-8-12-32(48)25(15-23)16-27-20-44-22-45-27/h1-2,5,7-9,12-13,15,17-18,20,22,26,29,35,37-40,42,47-49,51-53H,3-4,6,10-11,14,16,19,21H2,(H,44,45)(H,54,55)/b13-9+/t26-,29+,35-,37-,38-,39+,40-,42-,43-/m1/s1. The molecule has 0 radical (unpaired) electrons. The van der Waals surface area contributed by atoms with Crippen LogP contribution in [0.1, 0.15) is 78.0 Å². The van der Waals surface area contributed by atoms with Crippen molar-refractivity contribution in [1.29, 1.82) is 0 Å². The number of nitrogens with zero attached hydrogens (tertiary/aromatic N) is 2. The van der Waals surface area contributed by atoms with Crippen LogP contribution in [0.5, 0.6) is 17.2 Å². The van der Waals surface area contributed by atoms with E-state index in [4.69, 9.17) is 9.47 Å². The molecule has 14 heteroatoms. The molecule has 14 nitrogen and oxygen atoms in total. The third-order valence-corrected chi connectivity index (χ3v) is 12.6. The van der Waals surface area contributed by atoms with Gasteiger partial charge in [0.05, 0.1) is 18.6 Å². The molecule has 2 fully saturated rings. The Labute approximate surface area is 328 Å². The van der Waals surface area contributed by atoms with E-state index >= 15 is 0 Å². The Morgan fingerprint density at radius 3 is 2.60 bits per heavy atom. The van der Waals surface area contributed by atoms with Crippen LogP contribution in [0.4, 0.5) is 5.69 Å². The topological polar surface area (TPSA) is 226 Å². The Balaban J connectivity index is 1.19. The van der Waals surface area contributed by atoms with Gasteiger partial charge in [-0.05, 0) is 90.0 Å². The zero-order chi connectivity index (χ0) is 40.0. The minimum Gasteiger partial charge on any atom is -0.508 e. The largest absolute Gasteiger partial charge is 0.508 e. The summed E-state index contributed by atoms with van der Waals surface area (Å²) < 4.78 is 11.4. The van der Waals surface area contributed by atoms with Crippen molar-refractivity contribution in [3.05, 3.63) is 107 Å². The minimum absolute atomic E-state index is 0.0618. The van der Waals surface area contributed by atoms with Crippen LogP contribution in [0.15, 0.2) is 73.2 Å². The summed E-state index contributed by atoms with van der Waals surface area (Å²) in [6.45, 7) is -0.699. The minimum atomic E-state index is -1.78. The van der Waals surface area contributed by atoms with Gasteiger partial charge in [0.2, 0.25) is 6.29 Å². The molecule has 0 spiro atoms. The third kappa shape index (κ3) is 7.06. The molecule has 1 aromatic heterocycles. The van der Waals surface area contributed by atoms with Crippen LogP contribution < -0.4 is 9.64 Å². The van der Waals surface area contributed by atoms with E-state index < -0.39 is 66.9 Å². The average Bonchev–Trinajstić information content (AvgIpc) is 3.84. The van der Waals surface area contributed by atoms with Crippen molar-refractivity contribution in [3.63, 3.8) is 0 Å². The highest BCUT2D eigenvalue weighted by Crippen LogP contribution is 2.58. The van der Waals surface area contributed by atoms with Crippen molar-refractivity contribution >= 4 is 23.6 Å². The number of benzene rings is 3. The molecule has 4 aliphatic rings. The lowest BCUT2D eigenvalue weighted by Gasteiger charge is -2.50. The second-order valence-electron chi connectivity index (χ2n) is 15.8. The summed E-state index contributed by atoms with van der Waals surface area (Å²) in [4.78, 5) is 36.2. The van der Waals surface area contributed by atoms with Crippen molar-refractivity contribution < 1.29 is 54.8 Å². The van der Waals surface area contributed by atoms with Crippen LogP contribution in [0.2, 0.25) is 0 Å². The number of aromatic nitrogens is 2. The maximum Gasteiger partial charge on any atom is 0.327 e. The van der Waals surface area contributed by atoms with Gasteiger partial charge in [-0.15, -0.1) is 0 Å². The number of anilines is 1. The zero-order valence-corrected chi connectivity index (χ0v) is 31.1. The van der Waals surface area contributed by atoms with Gasteiger partial charge in [-0.25, -0.2) is 9.78 Å². The number of hydrogen-bond acceptors (Lipinski definition) is 11. The Bertz CT molecular complexity index is 2160. The fraction of sp³-hybridized carbons (Fsp3) is 0.419. The molecule has 2 aliphatic heterocycles. The molecule has 8 N–H and O–H groups in total. The smallest absolute Gasteiger partial charge is 0.327 e. The van der Waals surface area contributed by atoms with E-state index in [1.54, 1.807) is 24.4 Å². The van der Waals surface area contributed by atoms with Crippen molar-refractivity contribution in [1.82, 2.24) is 9.97 Å². The number of fused-ring (bicyclic) bond motifs is 4.